The van der Waals surface area contributed by atoms with Crippen LogP contribution in [0.2, 0.25) is 0 Å². The Morgan fingerprint density at radius 2 is 2.14 bits per heavy atom. The zero-order chi connectivity index (χ0) is 15.6. The second-order valence-corrected chi connectivity index (χ2v) is 5.55. The largest absolute Gasteiger partial charge is 0.502 e. The van der Waals surface area contributed by atoms with Gasteiger partial charge in [0, 0.05) is 25.4 Å². The Bertz CT molecular complexity index is 694. The molecule has 2 aromatic heterocycles. The number of pyridine rings is 1. The maximum Gasteiger partial charge on any atom is 0.226 e. The van der Waals surface area contributed by atoms with Gasteiger partial charge >= 0.3 is 0 Å². The summed E-state index contributed by atoms with van der Waals surface area (Å²) in [4.78, 5) is 17.5. The summed E-state index contributed by atoms with van der Waals surface area (Å²) in [6.45, 7) is 1.53. The van der Waals surface area contributed by atoms with Crippen molar-refractivity contribution in [3.8, 4) is 5.75 Å². The van der Waals surface area contributed by atoms with Gasteiger partial charge in [0.25, 0.3) is 0 Å². The molecule has 0 bridgehead atoms. The summed E-state index contributed by atoms with van der Waals surface area (Å²) in [5.74, 6) is 0.0623. The third-order valence-corrected chi connectivity index (χ3v) is 4.02. The second kappa shape index (κ2) is 5.88. The molecule has 5 nitrogen and oxygen atoms in total. The van der Waals surface area contributed by atoms with Crippen molar-refractivity contribution in [1.29, 1.82) is 0 Å². The van der Waals surface area contributed by atoms with E-state index in [4.69, 9.17) is 9.52 Å². The fourth-order valence-corrected chi connectivity index (χ4v) is 2.70. The van der Waals surface area contributed by atoms with Gasteiger partial charge in [-0.1, -0.05) is 6.07 Å². The van der Waals surface area contributed by atoms with Crippen LogP contribution in [-0.4, -0.2) is 28.1 Å². The lowest BCUT2D eigenvalue weighted by Crippen LogP contribution is -2.40. The summed E-state index contributed by atoms with van der Waals surface area (Å²) in [5, 5.41) is 9.17. The van der Waals surface area contributed by atoms with Gasteiger partial charge in [-0.25, -0.2) is 4.39 Å². The van der Waals surface area contributed by atoms with Crippen LogP contribution >= 0.6 is 0 Å². The van der Waals surface area contributed by atoms with Gasteiger partial charge in [0.05, 0.1) is 12.2 Å². The zero-order valence-corrected chi connectivity index (χ0v) is 12.0. The van der Waals surface area contributed by atoms with Gasteiger partial charge in [0.15, 0.2) is 11.4 Å². The molecule has 1 aliphatic heterocycles. The quantitative estimate of drug-likeness (QED) is 0.941. The fraction of sp³-hybridized carbons (Fsp3) is 0.375. The van der Waals surface area contributed by atoms with Crippen molar-refractivity contribution in [1.82, 2.24) is 9.88 Å². The third-order valence-electron chi connectivity index (χ3n) is 4.02. The molecule has 6 heteroatoms. The third kappa shape index (κ3) is 3.01. The number of alkyl halides is 1. The van der Waals surface area contributed by atoms with E-state index >= 15 is 0 Å². The Hall–Kier alpha value is -2.21. The maximum atomic E-state index is 14.9. The first kappa shape index (κ1) is 14.7. The molecule has 0 unspecified atom stereocenters. The molecule has 3 rings (SSSR count). The Kier molecular flexibility index (Phi) is 3.94. The highest BCUT2D eigenvalue weighted by atomic mass is 19.1. The molecule has 2 aromatic rings. The predicted octanol–water partition coefficient (Wildman–Crippen LogP) is 2.20. The minimum atomic E-state index is -1.40. The first-order valence-corrected chi connectivity index (χ1v) is 7.20. The Morgan fingerprint density at radius 3 is 2.77 bits per heavy atom. The van der Waals surface area contributed by atoms with Crippen LogP contribution in [0.25, 0.3) is 0 Å². The highest BCUT2D eigenvalue weighted by Crippen LogP contribution is 2.35. The van der Waals surface area contributed by atoms with Crippen molar-refractivity contribution in [2.45, 2.75) is 25.1 Å². The van der Waals surface area contributed by atoms with Crippen LogP contribution in [0.5, 0.6) is 5.75 Å². The summed E-state index contributed by atoms with van der Waals surface area (Å²) in [6.07, 6.45) is 3.35. The number of aromatic nitrogens is 1. The highest BCUT2D eigenvalue weighted by molar-refractivity contribution is 5.16. The lowest BCUT2D eigenvalue weighted by Gasteiger charge is -2.35. The van der Waals surface area contributed by atoms with Gasteiger partial charge < -0.3 is 9.52 Å². The lowest BCUT2D eigenvalue weighted by atomic mass is 9.89. The second-order valence-electron chi connectivity index (χ2n) is 5.55. The maximum absolute atomic E-state index is 14.9. The molecule has 1 saturated heterocycles. The minimum absolute atomic E-state index is 0.354. The molecule has 0 aliphatic carbocycles. The van der Waals surface area contributed by atoms with Crippen LogP contribution in [0.15, 0.2) is 45.9 Å². The fourth-order valence-electron chi connectivity index (χ4n) is 2.70. The molecule has 0 spiro atoms. The molecular formula is C16H17FN2O3. The monoisotopic (exact) mass is 304 g/mol. The Balaban J connectivity index is 1.64. The summed E-state index contributed by atoms with van der Waals surface area (Å²) in [7, 11) is 0. The van der Waals surface area contributed by atoms with E-state index < -0.39 is 16.8 Å². The van der Waals surface area contributed by atoms with E-state index in [1.807, 2.05) is 4.90 Å². The first-order chi connectivity index (χ1) is 10.6. The van der Waals surface area contributed by atoms with Crippen molar-refractivity contribution in [3.05, 3.63) is 58.4 Å². The molecule has 0 saturated carbocycles. The van der Waals surface area contributed by atoms with E-state index in [-0.39, 0.29) is 0 Å². The summed E-state index contributed by atoms with van der Waals surface area (Å²) in [6, 6.07) is 6.55. The number of hydrogen-bond acceptors (Lipinski definition) is 5. The number of rotatable bonds is 3. The smallest absolute Gasteiger partial charge is 0.226 e. The molecule has 1 aliphatic rings. The summed E-state index contributed by atoms with van der Waals surface area (Å²) >= 11 is 0. The van der Waals surface area contributed by atoms with Crippen molar-refractivity contribution in [2.75, 3.05) is 13.1 Å². The van der Waals surface area contributed by atoms with E-state index in [1.54, 1.807) is 24.4 Å². The number of halogens is 1. The highest BCUT2D eigenvalue weighted by Gasteiger charge is 2.37. The van der Waals surface area contributed by atoms with Gasteiger partial charge in [-0.3, -0.25) is 14.7 Å². The van der Waals surface area contributed by atoms with Gasteiger partial charge in [-0.2, -0.15) is 0 Å². The average Bonchev–Trinajstić information content (AvgIpc) is 2.54. The standard InChI is InChI=1S/C16H17FN2O3/c17-16(15-3-1-2-6-18-15)4-7-19(8-5-16)10-12-9-13(20)14(21)11-22-12/h1-3,6,9,11,21H,4-5,7-8,10H2. The number of hydrogen-bond donors (Lipinski definition) is 1. The average molecular weight is 304 g/mol. The Labute approximate surface area is 127 Å². The van der Waals surface area contributed by atoms with E-state index in [9.17, 15) is 9.18 Å². The molecule has 0 atom stereocenters. The molecule has 22 heavy (non-hydrogen) atoms. The molecule has 0 aromatic carbocycles. The van der Waals surface area contributed by atoms with Gasteiger partial charge in [0.1, 0.15) is 12.0 Å². The van der Waals surface area contributed by atoms with Crippen molar-refractivity contribution in [2.24, 2.45) is 0 Å². The summed E-state index contributed by atoms with van der Waals surface area (Å²) in [5.41, 5.74) is -1.38. The number of aromatic hydroxyl groups is 1. The van der Waals surface area contributed by atoms with Crippen LogP contribution in [0.3, 0.4) is 0 Å². The number of piperidine rings is 1. The Morgan fingerprint density at radius 1 is 1.36 bits per heavy atom. The number of nitrogens with zero attached hydrogens (tertiary/aromatic N) is 2. The minimum Gasteiger partial charge on any atom is -0.502 e. The molecular weight excluding hydrogens is 287 g/mol. The zero-order valence-electron chi connectivity index (χ0n) is 12.0. The van der Waals surface area contributed by atoms with E-state index in [1.165, 1.54) is 6.07 Å². The van der Waals surface area contributed by atoms with Crippen molar-refractivity contribution < 1.29 is 13.9 Å². The van der Waals surface area contributed by atoms with Crippen LogP contribution in [0.4, 0.5) is 4.39 Å². The van der Waals surface area contributed by atoms with Crippen LogP contribution in [-0.2, 0) is 12.2 Å². The first-order valence-electron chi connectivity index (χ1n) is 7.20. The summed E-state index contributed by atoms with van der Waals surface area (Å²) < 4.78 is 20.1. The molecule has 3 heterocycles. The van der Waals surface area contributed by atoms with Crippen molar-refractivity contribution in [3.63, 3.8) is 0 Å². The van der Waals surface area contributed by atoms with E-state index in [0.29, 0.717) is 43.9 Å². The van der Waals surface area contributed by atoms with Crippen LogP contribution in [0, 0.1) is 0 Å². The predicted molar refractivity (Wildman–Crippen MR) is 78.2 cm³/mol. The van der Waals surface area contributed by atoms with Crippen LogP contribution < -0.4 is 5.43 Å². The lowest BCUT2D eigenvalue weighted by molar-refractivity contribution is 0.0460. The number of likely N-dealkylation sites (tertiary alicyclic amines) is 1. The molecule has 0 radical (unpaired) electrons. The molecule has 0 amide bonds. The van der Waals surface area contributed by atoms with E-state index in [0.717, 1.165) is 6.26 Å². The molecule has 116 valence electrons. The SMILES string of the molecule is O=c1cc(CN2CCC(F)(c3ccccn3)CC2)occ1O. The van der Waals surface area contributed by atoms with Gasteiger partial charge in [0.2, 0.25) is 5.43 Å². The van der Waals surface area contributed by atoms with Crippen LogP contribution in [0.1, 0.15) is 24.3 Å². The topological polar surface area (TPSA) is 66.6 Å². The normalized spacial score (nSPS) is 18.2. The van der Waals surface area contributed by atoms with E-state index in [2.05, 4.69) is 4.98 Å². The van der Waals surface area contributed by atoms with Crippen molar-refractivity contribution >= 4 is 0 Å². The van der Waals surface area contributed by atoms with Gasteiger partial charge in [-0.15, -0.1) is 0 Å². The molecule has 1 N–H and O–H groups in total. The molecule has 1 fully saturated rings. The van der Waals surface area contributed by atoms with Gasteiger partial charge in [-0.05, 0) is 25.0 Å².